The van der Waals surface area contributed by atoms with Crippen LogP contribution in [0.3, 0.4) is 0 Å². The zero-order valence-corrected chi connectivity index (χ0v) is 12.2. The molecule has 0 saturated carbocycles. The molecule has 0 fully saturated rings. The Balaban J connectivity index is 2.61. The predicted molar refractivity (Wildman–Crippen MR) is 75.7 cm³/mol. The summed E-state index contributed by atoms with van der Waals surface area (Å²) in [5.41, 5.74) is -0.261. The molecule has 0 saturated heterocycles. The lowest BCUT2D eigenvalue weighted by Crippen LogP contribution is -2.13. The number of nitrogens with one attached hydrogen (secondary N) is 1. The van der Waals surface area contributed by atoms with Gasteiger partial charge in [0, 0.05) is 13.7 Å². The molecule has 0 aliphatic heterocycles. The number of methoxy groups -OCH3 is 1. The van der Waals surface area contributed by atoms with Gasteiger partial charge in [-0.15, -0.1) is 0 Å². The number of rotatable bonds is 11. The van der Waals surface area contributed by atoms with Crippen molar-refractivity contribution in [3.8, 4) is 5.88 Å². The van der Waals surface area contributed by atoms with Crippen molar-refractivity contribution >= 4 is 11.5 Å². The first-order valence-corrected chi connectivity index (χ1v) is 6.63. The summed E-state index contributed by atoms with van der Waals surface area (Å²) in [4.78, 5) is 18.3. The quantitative estimate of drug-likeness (QED) is 0.369. The molecule has 0 aliphatic rings. The molecule has 0 unspecified atom stereocenters. The monoisotopic (exact) mass is 300 g/mol. The van der Waals surface area contributed by atoms with E-state index in [4.69, 9.17) is 14.2 Å². The van der Waals surface area contributed by atoms with Crippen molar-refractivity contribution < 1.29 is 19.1 Å². The van der Waals surface area contributed by atoms with Gasteiger partial charge in [0.1, 0.15) is 12.9 Å². The molecule has 0 bridgehead atoms. The molecule has 0 atom stereocenters. The first-order valence-electron chi connectivity index (χ1n) is 6.63. The Morgan fingerprint density at radius 1 is 1.29 bits per heavy atom. The molecule has 1 heterocycles. The van der Waals surface area contributed by atoms with Gasteiger partial charge in [-0.2, -0.15) is 4.98 Å². The number of nitrogens with zero attached hydrogens (tertiary/aromatic N) is 3. The minimum atomic E-state index is -0.556. The van der Waals surface area contributed by atoms with Gasteiger partial charge in [0.25, 0.3) is 5.88 Å². The second-order valence-corrected chi connectivity index (χ2v) is 4.01. The number of hydrogen-bond donors (Lipinski definition) is 1. The molecule has 118 valence electrons. The van der Waals surface area contributed by atoms with Crippen molar-refractivity contribution in [2.75, 3.05) is 45.4 Å². The lowest BCUT2D eigenvalue weighted by molar-refractivity contribution is -0.385. The average Bonchev–Trinajstić information content (AvgIpc) is 2.48. The molecule has 1 N–H and O–H groups in total. The van der Waals surface area contributed by atoms with Crippen LogP contribution in [0.5, 0.6) is 5.88 Å². The fourth-order valence-corrected chi connectivity index (χ4v) is 1.45. The van der Waals surface area contributed by atoms with E-state index in [2.05, 4.69) is 15.3 Å². The van der Waals surface area contributed by atoms with Crippen LogP contribution in [-0.4, -0.2) is 55.0 Å². The van der Waals surface area contributed by atoms with Crippen LogP contribution in [0.15, 0.2) is 6.33 Å². The van der Waals surface area contributed by atoms with Crippen LogP contribution in [0, 0.1) is 10.1 Å². The first kappa shape index (κ1) is 17.1. The normalized spacial score (nSPS) is 10.4. The van der Waals surface area contributed by atoms with E-state index in [9.17, 15) is 10.1 Å². The minimum absolute atomic E-state index is 0.0658. The Kier molecular flexibility index (Phi) is 7.99. The summed E-state index contributed by atoms with van der Waals surface area (Å²) in [6.45, 7) is 3.91. The molecule has 9 nitrogen and oxygen atoms in total. The zero-order chi connectivity index (χ0) is 15.5. The SMILES string of the molecule is CCCNc1ncnc(OCCOCCOC)c1[N+](=O)[O-]. The predicted octanol–water partition coefficient (Wildman–Crippen LogP) is 1.25. The summed E-state index contributed by atoms with van der Waals surface area (Å²) in [7, 11) is 1.58. The second kappa shape index (κ2) is 9.83. The molecule has 21 heavy (non-hydrogen) atoms. The molecule has 0 aliphatic carbocycles. The topological polar surface area (TPSA) is 109 Å². The van der Waals surface area contributed by atoms with Crippen LogP contribution in [0.25, 0.3) is 0 Å². The van der Waals surface area contributed by atoms with Crippen LogP contribution in [0.4, 0.5) is 11.5 Å². The van der Waals surface area contributed by atoms with E-state index < -0.39 is 4.92 Å². The van der Waals surface area contributed by atoms with Gasteiger partial charge >= 0.3 is 5.69 Å². The van der Waals surface area contributed by atoms with E-state index >= 15 is 0 Å². The van der Waals surface area contributed by atoms with Gasteiger partial charge in [0.15, 0.2) is 0 Å². The smallest absolute Gasteiger partial charge is 0.372 e. The number of nitro groups is 1. The fourth-order valence-electron chi connectivity index (χ4n) is 1.45. The second-order valence-electron chi connectivity index (χ2n) is 4.01. The van der Waals surface area contributed by atoms with E-state index in [1.165, 1.54) is 6.33 Å². The van der Waals surface area contributed by atoms with E-state index in [1.807, 2.05) is 6.92 Å². The van der Waals surface area contributed by atoms with Crippen molar-refractivity contribution in [2.24, 2.45) is 0 Å². The Hall–Kier alpha value is -2.00. The van der Waals surface area contributed by atoms with Gasteiger partial charge in [0.05, 0.1) is 24.7 Å². The summed E-state index contributed by atoms with van der Waals surface area (Å²) < 4.78 is 15.3. The first-order chi connectivity index (χ1) is 10.2. The maximum Gasteiger partial charge on any atom is 0.372 e. The molecule has 1 aromatic heterocycles. The van der Waals surface area contributed by atoms with E-state index in [0.717, 1.165) is 6.42 Å². The van der Waals surface area contributed by atoms with Crippen molar-refractivity contribution in [3.05, 3.63) is 16.4 Å². The minimum Gasteiger partial charge on any atom is -0.470 e. The lowest BCUT2D eigenvalue weighted by Gasteiger charge is -2.09. The molecule has 1 rings (SSSR count). The summed E-state index contributed by atoms with van der Waals surface area (Å²) >= 11 is 0. The highest BCUT2D eigenvalue weighted by Gasteiger charge is 2.24. The molecule has 0 aromatic carbocycles. The summed E-state index contributed by atoms with van der Waals surface area (Å²) in [5.74, 6) is 0.0936. The van der Waals surface area contributed by atoms with Gasteiger partial charge in [0.2, 0.25) is 5.82 Å². The third-order valence-electron chi connectivity index (χ3n) is 2.41. The van der Waals surface area contributed by atoms with Crippen LogP contribution in [0.2, 0.25) is 0 Å². The van der Waals surface area contributed by atoms with Crippen LogP contribution >= 0.6 is 0 Å². The van der Waals surface area contributed by atoms with E-state index in [-0.39, 0.29) is 24.0 Å². The maximum absolute atomic E-state index is 11.1. The molecule has 0 amide bonds. The van der Waals surface area contributed by atoms with Crippen LogP contribution in [0.1, 0.15) is 13.3 Å². The fraction of sp³-hybridized carbons (Fsp3) is 0.667. The third-order valence-corrected chi connectivity index (χ3v) is 2.41. The molecular weight excluding hydrogens is 280 g/mol. The molecule has 0 spiro atoms. The number of anilines is 1. The van der Waals surface area contributed by atoms with Crippen LogP contribution < -0.4 is 10.1 Å². The highest BCUT2D eigenvalue weighted by Crippen LogP contribution is 2.30. The van der Waals surface area contributed by atoms with Crippen molar-refractivity contribution in [3.63, 3.8) is 0 Å². The summed E-state index contributed by atoms with van der Waals surface area (Å²) in [5, 5.41) is 14.0. The highest BCUT2D eigenvalue weighted by atomic mass is 16.6. The number of ether oxygens (including phenoxy) is 3. The largest absolute Gasteiger partial charge is 0.470 e. The van der Waals surface area contributed by atoms with Crippen molar-refractivity contribution in [1.29, 1.82) is 0 Å². The highest BCUT2D eigenvalue weighted by molar-refractivity contribution is 5.60. The van der Waals surface area contributed by atoms with Gasteiger partial charge in [-0.25, -0.2) is 4.98 Å². The van der Waals surface area contributed by atoms with E-state index in [1.54, 1.807) is 7.11 Å². The van der Waals surface area contributed by atoms with Gasteiger partial charge < -0.3 is 19.5 Å². The molecular formula is C12H20N4O5. The van der Waals surface area contributed by atoms with Gasteiger partial charge in [-0.3, -0.25) is 10.1 Å². The number of aromatic nitrogens is 2. The molecule has 0 radical (unpaired) electrons. The van der Waals surface area contributed by atoms with Crippen molar-refractivity contribution in [1.82, 2.24) is 9.97 Å². The Bertz CT molecular complexity index is 444. The molecule has 9 heteroatoms. The van der Waals surface area contributed by atoms with Crippen molar-refractivity contribution in [2.45, 2.75) is 13.3 Å². The maximum atomic E-state index is 11.1. The van der Waals surface area contributed by atoms with Gasteiger partial charge in [-0.1, -0.05) is 6.92 Å². The van der Waals surface area contributed by atoms with Gasteiger partial charge in [-0.05, 0) is 6.42 Å². The van der Waals surface area contributed by atoms with Crippen LogP contribution in [-0.2, 0) is 9.47 Å². The Morgan fingerprint density at radius 3 is 2.71 bits per heavy atom. The average molecular weight is 300 g/mol. The standard InChI is InChI=1S/C12H20N4O5/c1-3-4-13-11-10(16(17)18)12(15-9-14-11)21-8-7-20-6-5-19-2/h9H,3-8H2,1-2H3,(H,13,14,15). The summed E-state index contributed by atoms with van der Waals surface area (Å²) in [6.07, 6.45) is 2.05. The molecule has 1 aromatic rings. The zero-order valence-electron chi connectivity index (χ0n) is 12.2. The number of hydrogen-bond acceptors (Lipinski definition) is 8. The Labute approximate surface area is 122 Å². The third kappa shape index (κ3) is 5.88. The lowest BCUT2D eigenvalue weighted by atomic mass is 10.4. The van der Waals surface area contributed by atoms with E-state index in [0.29, 0.717) is 26.4 Å². The summed E-state index contributed by atoms with van der Waals surface area (Å²) in [6, 6.07) is 0. The Morgan fingerprint density at radius 2 is 2.05 bits per heavy atom.